The second kappa shape index (κ2) is 5.57. The lowest BCUT2D eigenvalue weighted by Gasteiger charge is -2.18. The van der Waals surface area contributed by atoms with E-state index in [9.17, 15) is 0 Å². The molecule has 0 atom stereocenters. The first-order valence-corrected chi connectivity index (χ1v) is 6.13. The topological polar surface area (TPSA) is 47.6 Å². The van der Waals surface area contributed by atoms with E-state index in [0.717, 1.165) is 4.90 Å². The minimum Gasteiger partial charge on any atom is -0.192 e. The van der Waals surface area contributed by atoms with Crippen LogP contribution in [0.5, 0.6) is 0 Å². The van der Waals surface area contributed by atoms with Crippen molar-refractivity contribution in [3.63, 3.8) is 0 Å². The molecule has 0 N–H and O–H groups in total. The fraction of sp³-hybridized carbons (Fsp3) is 0.286. The maximum absolute atomic E-state index is 8.60. The number of nitriles is 2. The number of thioether (sulfide) groups is 1. The average molecular weight is 242 g/mol. The first-order valence-electron chi connectivity index (χ1n) is 5.25. The maximum Gasteiger partial charge on any atom is 0.136 e. The van der Waals surface area contributed by atoms with E-state index in [0.29, 0.717) is 0 Å². The Morgan fingerprint density at radius 3 is 2.06 bits per heavy atom. The van der Waals surface area contributed by atoms with Gasteiger partial charge in [-0.1, -0.05) is 44.7 Å². The summed E-state index contributed by atoms with van der Waals surface area (Å²) in [4.78, 5) is 1.03. The van der Waals surface area contributed by atoms with Crippen LogP contribution >= 0.6 is 11.8 Å². The van der Waals surface area contributed by atoms with Gasteiger partial charge in [0.05, 0.1) is 0 Å². The Morgan fingerprint density at radius 1 is 1.12 bits per heavy atom. The lowest BCUT2D eigenvalue weighted by atomic mass is 9.87. The molecule has 0 aliphatic rings. The molecule has 86 valence electrons. The highest BCUT2D eigenvalue weighted by molar-refractivity contribution is 8.02. The Hall–Kier alpha value is -1.71. The van der Waals surface area contributed by atoms with Gasteiger partial charge in [0.2, 0.25) is 0 Å². The third kappa shape index (κ3) is 3.98. The predicted octanol–water partition coefficient (Wildman–Crippen LogP) is 4.01. The van der Waals surface area contributed by atoms with Crippen molar-refractivity contribution in [2.75, 3.05) is 0 Å². The molecule has 0 bridgehead atoms. The Kier molecular flexibility index (Phi) is 4.37. The molecule has 0 amide bonds. The van der Waals surface area contributed by atoms with E-state index in [1.165, 1.54) is 17.3 Å². The van der Waals surface area contributed by atoms with Gasteiger partial charge < -0.3 is 0 Å². The standard InChI is InChI=1S/C14H14N2S/c1-14(2,3)12-4-6-13(7-5-12)17-10-11(8-15)9-16/h4-7,10H,1-3H3. The van der Waals surface area contributed by atoms with Crippen LogP contribution in [0, 0.1) is 22.7 Å². The SMILES string of the molecule is CC(C)(C)c1ccc(SC=C(C#N)C#N)cc1. The monoisotopic (exact) mass is 242 g/mol. The van der Waals surface area contributed by atoms with Gasteiger partial charge in [-0.3, -0.25) is 0 Å². The largest absolute Gasteiger partial charge is 0.192 e. The molecule has 0 aliphatic heterocycles. The third-order valence-corrected chi connectivity index (χ3v) is 3.17. The Morgan fingerprint density at radius 2 is 1.65 bits per heavy atom. The fourth-order valence-electron chi connectivity index (χ4n) is 1.24. The quantitative estimate of drug-likeness (QED) is 0.581. The van der Waals surface area contributed by atoms with Gasteiger partial charge >= 0.3 is 0 Å². The molecule has 0 heterocycles. The van der Waals surface area contributed by atoms with Crippen LogP contribution in [0.4, 0.5) is 0 Å². The van der Waals surface area contributed by atoms with Gasteiger partial charge in [0, 0.05) is 10.3 Å². The lowest BCUT2D eigenvalue weighted by molar-refractivity contribution is 0.590. The molecule has 0 unspecified atom stereocenters. The first-order chi connectivity index (χ1) is 7.97. The smallest absolute Gasteiger partial charge is 0.136 e. The molecule has 0 spiro atoms. The summed E-state index contributed by atoms with van der Waals surface area (Å²) in [6.45, 7) is 6.50. The molecule has 0 radical (unpaired) electrons. The minimum absolute atomic E-state index is 0.134. The molecule has 0 saturated carbocycles. The van der Waals surface area contributed by atoms with Crippen LogP contribution in [0.2, 0.25) is 0 Å². The zero-order valence-corrected chi connectivity index (χ0v) is 11.0. The zero-order chi connectivity index (χ0) is 12.9. The van der Waals surface area contributed by atoms with E-state index in [1.807, 2.05) is 24.3 Å². The molecule has 2 nitrogen and oxygen atoms in total. The molecule has 1 aromatic rings. The molecule has 3 heteroatoms. The first kappa shape index (κ1) is 13.4. The summed E-state index contributed by atoms with van der Waals surface area (Å²) in [7, 11) is 0. The summed E-state index contributed by atoms with van der Waals surface area (Å²) >= 11 is 1.39. The summed E-state index contributed by atoms with van der Waals surface area (Å²) in [5, 5.41) is 18.8. The molecule has 0 aliphatic carbocycles. The number of hydrogen-bond acceptors (Lipinski definition) is 3. The van der Waals surface area contributed by atoms with E-state index in [-0.39, 0.29) is 11.0 Å². The van der Waals surface area contributed by atoms with Gasteiger partial charge in [-0.15, -0.1) is 0 Å². The van der Waals surface area contributed by atoms with Crippen molar-refractivity contribution >= 4 is 11.8 Å². The van der Waals surface area contributed by atoms with Crippen LogP contribution < -0.4 is 0 Å². The van der Waals surface area contributed by atoms with E-state index < -0.39 is 0 Å². The summed E-state index contributed by atoms with van der Waals surface area (Å²) in [5.41, 5.74) is 1.55. The minimum atomic E-state index is 0.134. The van der Waals surface area contributed by atoms with Crippen molar-refractivity contribution in [1.82, 2.24) is 0 Å². The summed E-state index contributed by atoms with van der Waals surface area (Å²) in [6, 6.07) is 11.8. The molecule has 0 fully saturated rings. The third-order valence-electron chi connectivity index (χ3n) is 2.27. The molecule has 1 aromatic carbocycles. The van der Waals surface area contributed by atoms with Gasteiger partial charge in [0.15, 0.2) is 0 Å². The number of nitrogens with zero attached hydrogens (tertiary/aromatic N) is 2. The molecule has 0 saturated heterocycles. The zero-order valence-electron chi connectivity index (χ0n) is 10.2. The molecular weight excluding hydrogens is 228 g/mol. The highest BCUT2D eigenvalue weighted by Crippen LogP contribution is 2.26. The van der Waals surface area contributed by atoms with E-state index >= 15 is 0 Å². The van der Waals surface area contributed by atoms with Crippen LogP contribution in [-0.4, -0.2) is 0 Å². The van der Waals surface area contributed by atoms with Gasteiger partial charge in [-0.05, 0) is 23.1 Å². The maximum atomic E-state index is 8.60. The Balaban J connectivity index is 2.81. The summed E-state index contributed by atoms with van der Waals surface area (Å²) in [6.07, 6.45) is 0. The second-order valence-electron chi connectivity index (χ2n) is 4.65. The molecule has 17 heavy (non-hydrogen) atoms. The van der Waals surface area contributed by atoms with Crippen molar-refractivity contribution in [3.05, 3.63) is 40.8 Å². The normalized spacial score (nSPS) is 10.2. The number of benzene rings is 1. The van der Waals surface area contributed by atoms with Gasteiger partial charge in [-0.2, -0.15) is 10.5 Å². The van der Waals surface area contributed by atoms with Gasteiger partial charge in [-0.25, -0.2) is 0 Å². The number of allylic oxidation sites excluding steroid dienone is 1. The molecule has 1 rings (SSSR count). The van der Waals surface area contributed by atoms with Crippen molar-refractivity contribution in [1.29, 1.82) is 10.5 Å². The molecular formula is C14H14N2S. The van der Waals surface area contributed by atoms with Crippen molar-refractivity contribution in [3.8, 4) is 12.1 Å². The van der Waals surface area contributed by atoms with Crippen LogP contribution in [0.1, 0.15) is 26.3 Å². The average Bonchev–Trinajstić information content (AvgIpc) is 2.30. The van der Waals surface area contributed by atoms with Crippen LogP contribution in [0.15, 0.2) is 40.1 Å². The van der Waals surface area contributed by atoms with E-state index in [2.05, 4.69) is 32.9 Å². The number of rotatable bonds is 2. The Labute approximate surface area is 107 Å². The van der Waals surface area contributed by atoms with Crippen LogP contribution in [0.3, 0.4) is 0 Å². The van der Waals surface area contributed by atoms with Crippen molar-refractivity contribution < 1.29 is 0 Å². The van der Waals surface area contributed by atoms with E-state index in [4.69, 9.17) is 10.5 Å². The second-order valence-corrected chi connectivity index (χ2v) is 5.59. The van der Waals surface area contributed by atoms with Gasteiger partial charge in [0.1, 0.15) is 17.7 Å². The van der Waals surface area contributed by atoms with E-state index in [1.54, 1.807) is 5.41 Å². The Bertz CT molecular complexity index is 477. The van der Waals surface area contributed by atoms with Gasteiger partial charge in [0.25, 0.3) is 0 Å². The lowest BCUT2D eigenvalue weighted by Crippen LogP contribution is -2.10. The summed E-state index contributed by atoms with van der Waals surface area (Å²) < 4.78 is 0. The summed E-state index contributed by atoms with van der Waals surface area (Å²) in [5.74, 6) is 0. The number of hydrogen-bond donors (Lipinski definition) is 0. The van der Waals surface area contributed by atoms with Crippen LogP contribution in [0.25, 0.3) is 0 Å². The highest BCUT2D eigenvalue weighted by atomic mass is 32.2. The predicted molar refractivity (Wildman–Crippen MR) is 70.3 cm³/mol. The molecule has 0 aromatic heterocycles. The van der Waals surface area contributed by atoms with Crippen molar-refractivity contribution in [2.24, 2.45) is 0 Å². The van der Waals surface area contributed by atoms with Crippen molar-refractivity contribution in [2.45, 2.75) is 31.1 Å². The van der Waals surface area contributed by atoms with Crippen LogP contribution in [-0.2, 0) is 5.41 Å². The highest BCUT2D eigenvalue weighted by Gasteiger charge is 2.12. The fourth-order valence-corrected chi connectivity index (χ4v) is 1.89.